The molecule has 2 aromatic heterocycles. The molecule has 1 spiro atoms. The highest BCUT2D eigenvalue weighted by molar-refractivity contribution is 5.99. The fraction of sp³-hybridized carbons (Fsp3) is 0.0185. The third-order valence-corrected chi connectivity index (χ3v) is 11.8. The Bertz CT molecular complexity index is 3190. The lowest BCUT2D eigenvalue weighted by atomic mass is 9.65. The number of hydrogen-bond donors (Lipinski definition) is 0. The molecule has 4 heteroatoms. The topological polar surface area (TPSA) is 47.9 Å². The van der Waals surface area contributed by atoms with Crippen LogP contribution in [0, 0.1) is 0 Å². The van der Waals surface area contributed by atoms with Crippen molar-refractivity contribution in [3.8, 4) is 61.9 Å². The van der Waals surface area contributed by atoms with Crippen LogP contribution in [0.15, 0.2) is 213 Å². The van der Waals surface area contributed by atoms with Crippen LogP contribution in [0.25, 0.3) is 77.7 Å². The lowest BCUT2D eigenvalue weighted by Crippen LogP contribution is -2.34. The molecule has 0 N–H and O–H groups in total. The Balaban J connectivity index is 1.19. The van der Waals surface area contributed by atoms with E-state index < -0.39 is 5.41 Å². The summed E-state index contributed by atoms with van der Waals surface area (Å²) in [6, 6.07) is 57.6. The summed E-state index contributed by atoms with van der Waals surface area (Å²) in [5.74, 6) is 2.14. The molecule has 1 unspecified atom stereocenters. The molecular formula is C54H35N3O. The van der Waals surface area contributed by atoms with Crippen LogP contribution >= 0.6 is 0 Å². The SMILES string of the molecule is C=CC1=C(C=C)C2(c3ccccc3O1)c1cc(-c3cc(-c4cccc5ccccc45)nc(-c4ccccc4)n3)ccc1-c1ccc(-c3cncc4ccccc34)cc12. The molecule has 0 radical (unpaired) electrons. The summed E-state index contributed by atoms with van der Waals surface area (Å²) in [6.07, 6.45) is 7.65. The number of aromatic nitrogens is 3. The molecule has 0 amide bonds. The average Bonchev–Trinajstić information content (AvgIpc) is 3.57. The molecule has 2 aliphatic rings. The average molecular weight is 742 g/mol. The molecule has 0 fully saturated rings. The van der Waals surface area contributed by atoms with E-state index in [2.05, 4.69) is 152 Å². The van der Waals surface area contributed by atoms with Gasteiger partial charge in [-0.3, -0.25) is 4.98 Å². The normalized spacial score (nSPS) is 15.2. The third-order valence-electron chi connectivity index (χ3n) is 11.8. The molecule has 0 saturated carbocycles. The minimum atomic E-state index is -0.775. The standard InChI is InChI=1S/C54H35N3O/c1-3-45-51(4-2)58-52-24-13-12-23-46(52)54(45)47-29-36(44-33-55-32-38-18-9-11-21-40(38)44)25-27-41(47)42-28-26-37(30-48(42)54)49-31-50(57-53(56-49)35-16-6-5-7-17-35)43-22-14-19-34-15-8-10-20-39(34)43/h3-33H,1-2H2. The van der Waals surface area contributed by atoms with Crippen LogP contribution < -0.4 is 4.74 Å². The van der Waals surface area contributed by atoms with Crippen molar-refractivity contribution in [2.24, 2.45) is 0 Å². The summed E-state index contributed by atoms with van der Waals surface area (Å²) < 4.78 is 6.61. The molecule has 58 heavy (non-hydrogen) atoms. The van der Waals surface area contributed by atoms with Gasteiger partial charge in [0.15, 0.2) is 5.82 Å². The maximum absolute atomic E-state index is 6.61. The van der Waals surface area contributed by atoms with E-state index >= 15 is 0 Å². The number of hydrogen-bond acceptors (Lipinski definition) is 4. The van der Waals surface area contributed by atoms with Gasteiger partial charge >= 0.3 is 0 Å². The number of rotatable bonds is 6. The van der Waals surface area contributed by atoms with E-state index in [4.69, 9.17) is 14.7 Å². The van der Waals surface area contributed by atoms with E-state index in [-0.39, 0.29) is 0 Å². The molecule has 1 aliphatic carbocycles. The Morgan fingerprint density at radius 2 is 1.12 bits per heavy atom. The smallest absolute Gasteiger partial charge is 0.160 e. The molecule has 11 rings (SSSR count). The van der Waals surface area contributed by atoms with Crippen molar-refractivity contribution in [1.82, 2.24) is 15.0 Å². The molecule has 4 nitrogen and oxygen atoms in total. The van der Waals surface area contributed by atoms with Gasteiger partial charge in [0.25, 0.3) is 0 Å². The first-order valence-electron chi connectivity index (χ1n) is 19.5. The van der Waals surface area contributed by atoms with Crippen LogP contribution in [-0.2, 0) is 5.41 Å². The Hall–Kier alpha value is -7.69. The van der Waals surface area contributed by atoms with Gasteiger partial charge in [-0.15, -0.1) is 0 Å². The van der Waals surface area contributed by atoms with Gasteiger partial charge in [0.1, 0.15) is 11.5 Å². The molecule has 272 valence electrons. The molecule has 9 aromatic rings. The summed E-state index contributed by atoms with van der Waals surface area (Å²) in [4.78, 5) is 15.2. The van der Waals surface area contributed by atoms with Gasteiger partial charge in [-0.1, -0.05) is 159 Å². The monoisotopic (exact) mass is 741 g/mol. The Morgan fingerprint density at radius 1 is 0.466 bits per heavy atom. The third kappa shape index (κ3) is 4.98. The van der Waals surface area contributed by atoms with Gasteiger partial charge in [-0.05, 0) is 74.3 Å². The van der Waals surface area contributed by atoms with Crippen LogP contribution in [0.1, 0.15) is 16.7 Å². The minimum Gasteiger partial charge on any atom is -0.457 e. The number of benzene rings is 7. The van der Waals surface area contributed by atoms with Crippen LogP contribution in [0.2, 0.25) is 0 Å². The quantitative estimate of drug-likeness (QED) is 0.170. The second-order valence-electron chi connectivity index (χ2n) is 14.8. The first kappa shape index (κ1) is 33.6. The maximum atomic E-state index is 6.61. The molecule has 1 aliphatic heterocycles. The fourth-order valence-electron chi connectivity index (χ4n) is 9.25. The van der Waals surface area contributed by atoms with Crippen molar-refractivity contribution in [3.05, 3.63) is 230 Å². The van der Waals surface area contributed by atoms with Crippen molar-refractivity contribution in [2.45, 2.75) is 5.41 Å². The zero-order valence-corrected chi connectivity index (χ0v) is 31.6. The van der Waals surface area contributed by atoms with Crippen molar-refractivity contribution >= 4 is 21.5 Å². The van der Waals surface area contributed by atoms with Crippen LogP contribution in [-0.4, -0.2) is 15.0 Å². The second kappa shape index (κ2) is 13.2. The predicted octanol–water partition coefficient (Wildman–Crippen LogP) is 13.2. The van der Waals surface area contributed by atoms with Crippen LogP contribution in [0.4, 0.5) is 0 Å². The van der Waals surface area contributed by atoms with E-state index in [1.54, 1.807) is 0 Å². The number of para-hydroxylation sites is 1. The van der Waals surface area contributed by atoms with Gasteiger partial charge in [-0.25, -0.2) is 9.97 Å². The second-order valence-corrected chi connectivity index (χ2v) is 14.8. The van der Waals surface area contributed by atoms with Gasteiger partial charge in [0.2, 0.25) is 0 Å². The summed E-state index contributed by atoms with van der Waals surface area (Å²) in [7, 11) is 0. The lowest BCUT2D eigenvalue weighted by molar-refractivity contribution is 0.403. The van der Waals surface area contributed by atoms with Gasteiger partial charge in [0.05, 0.1) is 16.8 Å². The summed E-state index contributed by atoms with van der Waals surface area (Å²) in [5, 5.41) is 4.56. The van der Waals surface area contributed by atoms with Gasteiger partial charge in [0, 0.05) is 51.2 Å². The Morgan fingerprint density at radius 3 is 1.91 bits per heavy atom. The van der Waals surface area contributed by atoms with Crippen LogP contribution in [0.3, 0.4) is 0 Å². The predicted molar refractivity (Wildman–Crippen MR) is 236 cm³/mol. The minimum absolute atomic E-state index is 0.671. The number of nitrogens with zero attached hydrogens (tertiary/aromatic N) is 3. The van der Waals surface area contributed by atoms with Crippen molar-refractivity contribution < 1.29 is 4.74 Å². The largest absolute Gasteiger partial charge is 0.457 e. The molecule has 3 heterocycles. The summed E-state index contributed by atoms with van der Waals surface area (Å²) >= 11 is 0. The number of allylic oxidation sites excluding steroid dienone is 3. The van der Waals surface area contributed by atoms with E-state index in [1.165, 1.54) is 0 Å². The molecule has 0 saturated heterocycles. The van der Waals surface area contributed by atoms with E-state index in [0.29, 0.717) is 11.6 Å². The molecule has 7 aromatic carbocycles. The molecule has 0 bridgehead atoms. The van der Waals surface area contributed by atoms with E-state index in [0.717, 1.165) is 99.9 Å². The summed E-state index contributed by atoms with van der Waals surface area (Å²) in [5.41, 5.74) is 12.7. The van der Waals surface area contributed by atoms with Crippen molar-refractivity contribution in [2.75, 3.05) is 0 Å². The van der Waals surface area contributed by atoms with Crippen molar-refractivity contribution in [3.63, 3.8) is 0 Å². The van der Waals surface area contributed by atoms with E-state index in [1.807, 2.05) is 54.9 Å². The highest BCUT2D eigenvalue weighted by Gasteiger charge is 2.51. The molecular weight excluding hydrogens is 707 g/mol. The zero-order valence-electron chi connectivity index (χ0n) is 31.6. The number of fused-ring (bicyclic) bond motifs is 9. The molecule has 1 atom stereocenters. The highest BCUT2D eigenvalue weighted by atomic mass is 16.5. The first-order chi connectivity index (χ1) is 28.6. The van der Waals surface area contributed by atoms with Crippen LogP contribution in [0.5, 0.6) is 5.75 Å². The zero-order chi connectivity index (χ0) is 38.8. The number of ether oxygens (including phenoxy) is 1. The fourth-order valence-corrected chi connectivity index (χ4v) is 9.25. The maximum Gasteiger partial charge on any atom is 0.160 e. The Labute approximate surface area is 336 Å². The Kier molecular flexibility index (Phi) is 7.66. The highest BCUT2D eigenvalue weighted by Crippen LogP contribution is 2.61. The summed E-state index contributed by atoms with van der Waals surface area (Å²) in [6.45, 7) is 8.65. The van der Waals surface area contributed by atoms with Gasteiger partial charge < -0.3 is 4.74 Å². The van der Waals surface area contributed by atoms with Crippen molar-refractivity contribution in [1.29, 1.82) is 0 Å². The number of pyridine rings is 1. The first-order valence-corrected chi connectivity index (χ1v) is 19.5. The van der Waals surface area contributed by atoms with Gasteiger partial charge in [-0.2, -0.15) is 0 Å². The lowest BCUT2D eigenvalue weighted by Gasteiger charge is -2.40. The van der Waals surface area contributed by atoms with E-state index in [9.17, 15) is 0 Å².